The van der Waals surface area contributed by atoms with Crippen molar-refractivity contribution in [3.8, 4) is 0 Å². The van der Waals surface area contributed by atoms with E-state index in [0.29, 0.717) is 12.5 Å². The lowest BCUT2D eigenvalue weighted by atomic mass is 10.1. The van der Waals surface area contributed by atoms with Crippen LogP contribution in [-0.4, -0.2) is 66.9 Å². The molecule has 1 aliphatic heterocycles. The van der Waals surface area contributed by atoms with Gasteiger partial charge in [-0.2, -0.15) is 0 Å². The van der Waals surface area contributed by atoms with E-state index in [1.807, 2.05) is 0 Å². The van der Waals surface area contributed by atoms with Crippen molar-refractivity contribution in [2.24, 2.45) is 5.92 Å². The van der Waals surface area contributed by atoms with Crippen molar-refractivity contribution in [2.75, 3.05) is 45.9 Å². The van der Waals surface area contributed by atoms with Crippen molar-refractivity contribution in [1.82, 2.24) is 9.80 Å². The molecule has 2 rings (SSSR count). The lowest BCUT2D eigenvalue weighted by Crippen LogP contribution is -2.48. The molecule has 0 aliphatic carbocycles. The van der Waals surface area contributed by atoms with Crippen molar-refractivity contribution >= 4 is 0 Å². The van der Waals surface area contributed by atoms with Gasteiger partial charge in [-0.05, 0) is 18.4 Å². The Balaban J connectivity index is 1.64. The summed E-state index contributed by atoms with van der Waals surface area (Å²) < 4.78 is 5.52. The summed E-state index contributed by atoms with van der Waals surface area (Å²) in [4.78, 5) is 4.83. The van der Waals surface area contributed by atoms with Gasteiger partial charge < -0.3 is 9.84 Å². The third kappa shape index (κ3) is 7.00. The Bertz CT molecular complexity index is 439. The van der Waals surface area contributed by atoms with Crippen LogP contribution >= 0.6 is 0 Å². The van der Waals surface area contributed by atoms with E-state index in [-0.39, 0.29) is 6.10 Å². The first-order chi connectivity index (χ1) is 11.0. The standard InChI is InChI=1S/C19H32N2O2/c1-16(2)14-23-15-19(22)13-21-10-8-20(9-11-21)12-18-6-4-17(3)5-7-18/h4-7,16,19,22H,8-15H2,1-3H3. The van der Waals surface area contributed by atoms with Gasteiger partial charge in [0.15, 0.2) is 0 Å². The van der Waals surface area contributed by atoms with Crippen LogP contribution in [0, 0.1) is 12.8 Å². The average Bonchev–Trinajstić information content (AvgIpc) is 2.51. The molecule has 1 unspecified atom stereocenters. The Morgan fingerprint density at radius 2 is 1.61 bits per heavy atom. The second-order valence-corrected chi connectivity index (χ2v) is 7.15. The lowest BCUT2D eigenvalue weighted by Gasteiger charge is -2.35. The molecule has 23 heavy (non-hydrogen) atoms. The molecular formula is C19H32N2O2. The number of nitrogens with zero attached hydrogens (tertiary/aromatic N) is 2. The minimum absolute atomic E-state index is 0.377. The van der Waals surface area contributed by atoms with Gasteiger partial charge in [0.05, 0.1) is 12.7 Å². The fraction of sp³-hybridized carbons (Fsp3) is 0.684. The van der Waals surface area contributed by atoms with Crippen molar-refractivity contribution in [3.63, 3.8) is 0 Å². The van der Waals surface area contributed by atoms with Crippen molar-refractivity contribution in [3.05, 3.63) is 35.4 Å². The van der Waals surface area contributed by atoms with E-state index in [1.54, 1.807) is 0 Å². The van der Waals surface area contributed by atoms with Crippen LogP contribution in [0.15, 0.2) is 24.3 Å². The quantitative estimate of drug-likeness (QED) is 0.796. The summed E-state index contributed by atoms with van der Waals surface area (Å²) in [6.07, 6.45) is -0.377. The molecule has 0 aromatic heterocycles. The van der Waals surface area contributed by atoms with E-state index in [2.05, 4.69) is 54.8 Å². The topological polar surface area (TPSA) is 35.9 Å². The first-order valence-corrected chi connectivity index (χ1v) is 8.79. The van der Waals surface area contributed by atoms with Gasteiger partial charge in [-0.15, -0.1) is 0 Å². The Hall–Kier alpha value is -0.940. The first kappa shape index (κ1) is 18.4. The predicted octanol–water partition coefficient (Wildman–Crippen LogP) is 2.15. The summed E-state index contributed by atoms with van der Waals surface area (Å²) in [6.45, 7) is 13.5. The summed E-state index contributed by atoms with van der Waals surface area (Å²) in [7, 11) is 0. The van der Waals surface area contributed by atoms with Gasteiger partial charge in [0, 0.05) is 45.9 Å². The molecule has 0 bridgehead atoms. The van der Waals surface area contributed by atoms with E-state index in [1.165, 1.54) is 11.1 Å². The molecule has 1 aliphatic rings. The fourth-order valence-corrected chi connectivity index (χ4v) is 2.87. The number of hydrogen-bond acceptors (Lipinski definition) is 4. The largest absolute Gasteiger partial charge is 0.389 e. The Morgan fingerprint density at radius 3 is 2.22 bits per heavy atom. The summed E-state index contributed by atoms with van der Waals surface area (Å²) in [5.41, 5.74) is 2.69. The smallest absolute Gasteiger partial charge is 0.0900 e. The molecule has 1 atom stereocenters. The van der Waals surface area contributed by atoms with Crippen LogP contribution in [0.4, 0.5) is 0 Å². The molecule has 1 aromatic rings. The van der Waals surface area contributed by atoms with Crippen LogP contribution < -0.4 is 0 Å². The second-order valence-electron chi connectivity index (χ2n) is 7.15. The van der Waals surface area contributed by atoms with Gasteiger partial charge in [-0.1, -0.05) is 43.7 Å². The maximum Gasteiger partial charge on any atom is 0.0900 e. The third-order valence-corrected chi connectivity index (χ3v) is 4.22. The number of aliphatic hydroxyl groups is 1. The Kier molecular flexibility index (Phi) is 7.50. The third-order valence-electron chi connectivity index (χ3n) is 4.22. The zero-order valence-electron chi connectivity index (χ0n) is 14.9. The number of aliphatic hydroxyl groups excluding tert-OH is 1. The monoisotopic (exact) mass is 320 g/mol. The van der Waals surface area contributed by atoms with E-state index in [9.17, 15) is 5.11 Å². The zero-order valence-corrected chi connectivity index (χ0v) is 14.9. The van der Waals surface area contributed by atoms with E-state index in [4.69, 9.17) is 4.74 Å². The highest BCUT2D eigenvalue weighted by molar-refractivity contribution is 5.21. The normalized spacial score (nSPS) is 18.5. The minimum atomic E-state index is -0.377. The second kappa shape index (κ2) is 9.38. The molecule has 1 fully saturated rings. The highest BCUT2D eigenvalue weighted by atomic mass is 16.5. The van der Waals surface area contributed by atoms with Crippen LogP contribution in [0.5, 0.6) is 0 Å². The summed E-state index contributed by atoms with van der Waals surface area (Å²) in [5.74, 6) is 0.521. The van der Waals surface area contributed by atoms with Crippen molar-refractivity contribution in [1.29, 1.82) is 0 Å². The number of hydrogen-bond donors (Lipinski definition) is 1. The number of piperazine rings is 1. The zero-order chi connectivity index (χ0) is 16.7. The lowest BCUT2D eigenvalue weighted by molar-refractivity contribution is -0.000369. The fourth-order valence-electron chi connectivity index (χ4n) is 2.87. The highest BCUT2D eigenvalue weighted by Crippen LogP contribution is 2.10. The van der Waals surface area contributed by atoms with E-state index in [0.717, 1.165) is 45.9 Å². The van der Waals surface area contributed by atoms with Crippen LogP contribution in [0.2, 0.25) is 0 Å². The number of aryl methyl sites for hydroxylation is 1. The molecule has 1 aromatic carbocycles. The summed E-state index contributed by atoms with van der Waals surface area (Å²) >= 11 is 0. The highest BCUT2D eigenvalue weighted by Gasteiger charge is 2.19. The van der Waals surface area contributed by atoms with Crippen molar-refractivity contribution in [2.45, 2.75) is 33.4 Å². The molecule has 1 saturated heterocycles. The molecule has 1 N–H and O–H groups in total. The summed E-state index contributed by atoms with van der Waals surface area (Å²) in [5, 5.41) is 10.1. The van der Waals surface area contributed by atoms with Crippen LogP contribution in [0.1, 0.15) is 25.0 Å². The van der Waals surface area contributed by atoms with Gasteiger partial charge in [0.1, 0.15) is 0 Å². The van der Waals surface area contributed by atoms with Crippen LogP contribution in [0.25, 0.3) is 0 Å². The van der Waals surface area contributed by atoms with Gasteiger partial charge in [-0.3, -0.25) is 9.80 Å². The van der Waals surface area contributed by atoms with Gasteiger partial charge in [0.25, 0.3) is 0 Å². The van der Waals surface area contributed by atoms with Gasteiger partial charge in [0.2, 0.25) is 0 Å². The molecule has 4 nitrogen and oxygen atoms in total. The minimum Gasteiger partial charge on any atom is -0.389 e. The maximum atomic E-state index is 10.1. The number of β-amino-alcohol motifs (C(OH)–C–C–N with tert-alkyl or cyclic N) is 1. The average molecular weight is 320 g/mol. The van der Waals surface area contributed by atoms with E-state index >= 15 is 0 Å². The van der Waals surface area contributed by atoms with Gasteiger partial charge in [-0.25, -0.2) is 0 Å². The molecule has 1 heterocycles. The van der Waals surface area contributed by atoms with E-state index < -0.39 is 0 Å². The summed E-state index contributed by atoms with van der Waals surface area (Å²) in [6, 6.07) is 8.80. The molecule has 0 amide bonds. The SMILES string of the molecule is Cc1ccc(CN2CCN(CC(O)COCC(C)C)CC2)cc1. The Labute approximate surface area is 141 Å². The maximum absolute atomic E-state index is 10.1. The predicted molar refractivity (Wildman–Crippen MR) is 94.6 cm³/mol. The van der Waals surface area contributed by atoms with Crippen LogP contribution in [-0.2, 0) is 11.3 Å². The molecule has 4 heteroatoms. The molecule has 0 spiro atoms. The Morgan fingerprint density at radius 1 is 1.00 bits per heavy atom. The number of rotatable bonds is 8. The molecule has 0 radical (unpaired) electrons. The molecule has 130 valence electrons. The first-order valence-electron chi connectivity index (χ1n) is 8.79. The van der Waals surface area contributed by atoms with Crippen molar-refractivity contribution < 1.29 is 9.84 Å². The molecule has 0 saturated carbocycles. The van der Waals surface area contributed by atoms with Gasteiger partial charge >= 0.3 is 0 Å². The number of benzene rings is 1. The molecular weight excluding hydrogens is 288 g/mol. The number of ether oxygens (including phenoxy) is 1. The van der Waals surface area contributed by atoms with Crippen LogP contribution in [0.3, 0.4) is 0 Å².